The Bertz CT molecular complexity index is 1860. The van der Waals surface area contributed by atoms with Gasteiger partial charge in [-0.25, -0.2) is 9.55 Å². The van der Waals surface area contributed by atoms with Gasteiger partial charge in [-0.3, -0.25) is 9.32 Å². The van der Waals surface area contributed by atoms with Crippen molar-refractivity contribution in [2.24, 2.45) is 0 Å². The normalized spacial score (nSPS) is 14.7. The first-order chi connectivity index (χ1) is 27.1. The summed E-state index contributed by atoms with van der Waals surface area (Å²) in [4.78, 5) is 25.0. The van der Waals surface area contributed by atoms with Crippen LogP contribution in [0, 0.1) is 18.4 Å². The van der Waals surface area contributed by atoms with Crippen LogP contribution in [0.15, 0.2) is 67.0 Å². The summed E-state index contributed by atoms with van der Waals surface area (Å²) < 4.78 is 53.2. The lowest BCUT2D eigenvalue weighted by atomic mass is 9.98. The Morgan fingerprint density at radius 2 is 1.59 bits per heavy atom. The lowest BCUT2D eigenvalue weighted by Crippen LogP contribution is -2.49. The van der Waals surface area contributed by atoms with E-state index in [4.69, 9.17) is 30.7 Å². The number of hydrogen-bond acceptors (Lipinski definition) is 11. The molecule has 0 aliphatic carbocycles. The highest BCUT2D eigenvalue weighted by molar-refractivity contribution is 7.52. The van der Waals surface area contributed by atoms with Crippen molar-refractivity contribution in [2.75, 3.05) is 26.1 Å². The number of nitrogen functional groups attached to an aromatic ring is 1. The third-order valence-corrected chi connectivity index (χ3v) is 11.1. The number of aliphatic hydroxyl groups excluding tert-OH is 1. The van der Waals surface area contributed by atoms with Crippen LogP contribution in [0.5, 0.6) is 5.75 Å². The number of esters is 1. The first kappa shape index (κ1) is 44.3. The van der Waals surface area contributed by atoms with Gasteiger partial charge in [-0.15, -0.1) is 6.42 Å². The number of halogens is 1. The fraction of sp³-hybridized carbons (Fsp3) is 0.512. The van der Waals surface area contributed by atoms with E-state index >= 15 is 0 Å². The van der Waals surface area contributed by atoms with Gasteiger partial charge >= 0.3 is 19.8 Å². The van der Waals surface area contributed by atoms with Crippen molar-refractivity contribution in [3.05, 3.63) is 78.6 Å². The van der Waals surface area contributed by atoms with Crippen LogP contribution in [0.4, 0.5) is 10.2 Å². The summed E-state index contributed by atoms with van der Waals surface area (Å²) in [6.45, 7) is 1.47. The van der Waals surface area contributed by atoms with Crippen LogP contribution in [0.2, 0.25) is 0 Å². The Kier molecular flexibility index (Phi) is 18.2. The monoisotopic (exact) mass is 794 g/mol. The Hall–Kier alpha value is -4.38. The fourth-order valence-corrected chi connectivity index (χ4v) is 7.74. The molecule has 0 aliphatic rings. The van der Waals surface area contributed by atoms with Gasteiger partial charge in [0.2, 0.25) is 0 Å². The Morgan fingerprint density at radius 3 is 2.20 bits per heavy atom. The van der Waals surface area contributed by atoms with E-state index in [1.807, 2.05) is 30.3 Å². The number of anilines is 1. The first-order valence-corrected chi connectivity index (χ1v) is 21.0. The third kappa shape index (κ3) is 13.7. The van der Waals surface area contributed by atoms with E-state index in [1.54, 1.807) is 30.3 Å². The zero-order valence-corrected chi connectivity index (χ0v) is 33.4. The van der Waals surface area contributed by atoms with Crippen molar-refractivity contribution >= 4 is 30.7 Å². The second kappa shape index (κ2) is 23.0. The van der Waals surface area contributed by atoms with Gasteiger partial charge in [-0.1, -0.05) is 132 Å². The molecule has 0 fully saturated rings. The lowest BCUT2D eigenvalue weighted by molar-refractivity contribution is -0.146. The molecule has 4 aromatic rings. The van der Waals surface area contributed by atoms with Crippen LogP contribution in [0.1, 0.15) is 89.5 Å². The highest BCUT2D eigenvalue weighted by atomic mass is 31.2. The second-order valence-corrected chi connectivity index (χ2v) is 15.5. The van der Waals surface area contributed by atoms with Crippen LogP contribution in [0.3, 0.4) is 0 Å². The average molecular weight is 795 g/mol. The second-order valence-electron chi connectivity index (χ2n) is 13.8. The van der Waals surface area contributed by atoms with Crippen molar-refractivity contribution in [3.8, 4) is 18.1 Å². The first-order valence-electron chi connectivity index (χ1n) is 19.4. The molecule has 13 nitrogen and oxygen atoms in total. The molecule has 56 heavy (non-hydrogen) atoms. The van der Waals surface area contributed by atoms with Gasteiger partial charge in [0.15, 0.2) is 17.1 Å². The van der Waals surface area contributed by atoms with E-state index in [2.05, 4.69) is 32.9 Å². The summed E-state index contributed by atoms with van der Waals surface area (Å²) in [5, 5.41) is 14.2. The molecular formula is C41H56FN6O7P. The number of para-hydroxylation sites is 1. The van der Waals surface area contributed by atoms with Crippen molar-refractivity contribution < 1.29 is 37.4 Å². The van der Waals surface area contributed by atoms with E-state index < -0.39 is 44.1 Å². The van der Waals surface area contributed by atoms with Gasteiger partial charge < -0.3 is 29.4 Å². The minimum Gasteiger partial charge on any atom is -0.465 e. The van der Waals surface area contributed by atoms with Gasteiger partial charge in [0.05, 0.1) is 19.5 Å². The third-order valence-electron chi connectivity index (χ3n) is 9.52. The maximum Gasteiger partial charge on any atom is 0.459 e. The number of nitrogens with two attached hydrogens (primary N) is 1. The maximum absolute atomic E-state index is 14.7. The van der Waals surface area contributed by atoms with Gasteiger partial charge in [-0.2, -0.15) is 19.4 Å². The quantitative estimate of drug-likeness (QED) is 0.0178. The lowest BCUT2D eigenvalue weighted by Gasteiger charge is -2.33. The molecule has 2 heterocycles. The Balaban J connectivity index is 1.43. The smallest absolute Gasteiger partial charge is 0.459 e. The number of terminal acetylenes is 1. The highest BCUT2D eigenvalue weighted by Gasteiger charge is 2.43. The number of carbonyl (C=O) groups excluding carboxylic acids is 1. The number of aromatic nitrogens is 4. The molecule has 4 N–H and O–H groups in total. The molecule has 4 atom stereocenters. The van der Waals surface area contributed by atoms with E-state index in [-0.39, 0.29) is 42.3 Å². The van der Waals surface area contributed by atoms with Gasteiger partial charge in [0.25, 0.3) is 0 Å². The van der Waals surface area contributed by atoms with Crippen LogP contribution in [0.25, 0.3) is 11.2 Å². The van der Waals surface area contributed by atoms with Crippen LogP contribution in [-0.4, -0.2) is 68.7 Å². The van der Waals surface area contributed by atoms with E-state index in [9.17, 15) is 18.9 Å². The number of hydrogen-bond donors (Lipinski definition) is 3. The van der Waals surface area contributed by atoms with Crippen molar-refractivity contribution in [1.82, 2.24) is 24.6 Å². The Labute approximate surface area is 329 Å². The summed E-state index contributed by atoms with van der Waals surface area (Å²) in [7, 11) is -3.24. The zero-order chi connectivity index (χ0) is 40.2. The molecule has 2 aromatic carbocycles. The van der Waals surface area contributed by atoms with Gasteiger partial charge in [0, 0.05) is 7.11 Å². The number of nitrogens with zero attached hydrogens (tertiary/aromatic N) is 4. The molecule has 2 aromatic heterocycles. The molecule has 0 amide bonds. The molecular weight excluding hydrogens is 738 g/mol. The van der Waals surface area contributed by atoms with Crippen molar-refractivity contribution in [1.29, 1.82) is 0 Å². The van der Waals surface area contributed by atoms with Crippen molar-refractivity contribution in [2.45, 2.75) is 115 Å². The number of methoxy groups -OCH3 is 1. The number of aliphatic hydroxyl groups is 1. The number of fused-ring (bicyclic) bond motifs is 1. The fourth-order valence-electron chi connectivity index (χ4n) is 6.22. The molecule has 0 saturated heterocycles. The van der Waals surface area contributed by atoms with Crippen LogP contribution < -0.4 is 15.3 Å². The standard InChI is InChI=1S/C41H56FN6O7P/c1-4-6-7-8-9-10-11-12-13-14-15-22-27-53-39(50)34(28-32-23-18-16-19-24-32)47-56(51,55-33-25-20-17-21-26-33)54-30-41(5-2,52-3)35(49)29-48-31-44-36-37(43)45-40(42)46-38(36)48/h2,16-21,23-26,31,34-35,49H,4,6-15,22,27-30H2,1,3H3,(H,47,51)(H2,43,45,46)/t34-,35-,41+,56?/m0/s1. The average Bonchev–Trinajstić information content (AvgIpc) is 3.60. The molecule has 4 rings (SSSR count). The number of ether oxygens (including phenoxy) is 2. The summed E-state index contributed by atoms with van der Waals surface area (Å²) in [6.07, 6.45) is 18.8. The number of benzene rings is 2. The SMILES string of the molecule is C#C[C@](COP(=O)(N[C@@H](Cc1ccccc1)C(=O)OCCCCCCCCCCCCCC)Oc1ccccc1)(OC)[C@@H](O)Cn1cnc2c(N)nc(F)nc21. The highest BCUT2D eigenvalue weighted by Crippen LogP contribution is 2.46. The maximum atomic E-state index is 14.7. The zero-order valence-electron chi connectivity index (χ0n) is 32.5. The Morgan fingerprint density at radius 1 is 0.982 bits per heavy atom. The van der Waals surface area contributed by atoms with E-state index in [0.717, 1.165) is 24.8 Å². The van der Waals surface area contributed by atoms with Crippen LogP contribution in [-0.2, 0) is 36.3 Å². The molecule has 0 radical (unpaired) electrons. The summed E-state index contributed by atoms with van der Waals surface area (Å²) >= 11 is 0. The van der Waals surface area contributed by atoms with Crippen molar-refractivity contribution in [3.63, 3.8) is 0 Å². The number of imidazole rings is 1. The predicted molar refractivity (Wildman–Crippen MR) is 214 cm³/mol. The molecule has 1 unspecified atom stereocenters. The minimum atomic E-state index is -4.49. The molecule has 0 saturated carbocycles. The number of nitrogens with one attached hydrogen (secondary N) is 1. The molecule has 15 heteroatoms. The predicted octanol–water partition coefficient (Wildman–Crippen LogP) is 7.58. The molecule has 304 valence electrons. The van der Waals surface area contributed by atoms with Crippen LogP contribution >= 0.6 is 7.75 Å². The summed E-state index contributed by atoms with van der Waals surface area (Å²) in [5.41, 5.74) is 4.79. The van der Waals surface area contributed by atoms with E-state index in [0.29, 0.717) is 6.42 Å². The molecule has 0 aliphatic heterocycles. The van der Waals surface area contributed by atoms with E-state index in [1.165, 1.54) is 69.4 Å². The number of carbonyl (C=O) groups is 1. The summed E-state index contributed by atoms with van der Waals surface area (Å²) in [6, 6.07) is 16.3. The van der Waals surface area contributed by atoms with Gasteiger partial charge in [0.1, 0.15) is 30.0 Å². The number of rotatable bonds is 27. The topological polar surface area (TPSA) is 173 Å². The molecule has 0 bridgehead atoms. The largest absolute Gasteiger partial charge is 0.465 e. The number of unbranched alkanes of at least 4 members (excludes halogenated alkanes) is 11. The van der Waals surface area contributed by atoms with Gasteiger partial charge in [-0.05, 0) is 30.5 Å². The summed E-state index contributed by atoms with van der Waals surface area (Å²) in [5.74, 6) is 1.78. The minimum absolute atomic E-state index is 0.0162. The molecule has 0 spiro atoms.